The number of rotatable bonds is 6. The van der Waals surface area contributed by atoms with Crippen LogP contribution in [-0.2, 0) is 11.8 Å². The lowest BCUT2D eigenvalue weighted by Crippen LogP contribution is -2.33. The number of anilines is 1. The lowest BCUT2D eigenvalue weighted by atomic mass is 10.2. The molecule has 13 heteroatoms. The predicted molar refractivity (Wildman–Crippen MR) is 181 cm³/mol. The molecule has 3 heterocycles. The number of fused-ring (bicyclic) bond motifs is 1. The van der Waals surface area contributed by atoms with Crippen molar-refractivity contribution in [2.45, 2.75) is 6.92 Å². The van der Waals surface area contributed by atoms with Gasteiger partial charge in [0.1, 0.15) is 10.6 Å². The van der Waals surface area contributed by atoms with Crippen LogP contribution < -0.4 is 19.9 Å². The Morgan fingerprint density at radius 2 is 1.75 bits per heavy atom. The van der Waals surface area contributed by atoms with E-state index in [2.05, 4.69) is 0 Å². The molecule has 2 aromatic heterocycles. The minimum absolute atomic E-state index is 0.170. The van der Waals surface area contributed by atoms with E-state index in [1.165, 1.54) is 28.0 Å². The van der Waals surface area contributed by atoms with Crippen LogP contribution in [-0.4, -0.2) is 32.7 Å². The Morgan fingerprint density at radius 1 is 1.00 bits per heavy atom. The second kappa shape index (κ2) is 11.9. The maximum Gasteiger partial charge on any atom is 0.355 e. The molecule has 1 fully saturated rings. The van der Waals surface area contributed by atoms with Crippen LogP contribution >= 0.6 is 58.5 Å². The summed E-state index contributed by atoms with van der Waals surface area (Å²) in [5.41, 5.74) is 1.69. The van der Waals surface area contributed by atoms with Gasteiger partial charge >= 0.3 is 5.97 Å². The average Bonchev–Trinajstić information content (AvgIpc) is 3.57. The van der Waals surface area contributed by atoms with Gasteiger partial charge in [-0.3, -0.25) is 19.2 Å². The predicted octanol–water partition coefficient (Wildman–Crippen LogP) is 7.64. The van der Waals surface area contributed by atoms with Crippen LogP contribution in [0.3, 0.4) is 0 Å². The summed E-state index contributed by atoms with van der Waals surface area (Å²) in [5, 5.41) is 1.26. The van der Waals surface area contributed by atoms with Gasteiger partial charge in [-0.15, -0.1) is 11.3 Å². The third-order valence-electron chi connectivity index (χ3n) is 7.02. The number of methoxy groups -OCH3 is 1. The fourth-order valence-corrected chi connectivity index (χ4v) is 7.92. The molecule has 3 aromatic carbocycles. The normalized spacial score (nSPS) is 14.2. The average molecular weight is 683 g/mol. The maximum absolute atomic E-state index is 13.6. The highest BCUT2D eigenvalue weighted by Crippen LogP contribution is 2.41. The van der Waals surface area contributed by atoms with E-state index in [4.69, 9.17) is 44.9 Å². The van der Waals surface area contributed by atoms with Gasteiger partial charge in [-0.05, 0) is 55.0 Å². The first-order chi connectivity index (χ1) is 21.1. The quantitative estimate of drug-likeness (QED) is 0.0788. The molecular formula is C31H21Cl2N3O5S3. The Labute approximate surface area is 275 Å². The highest BCUT2D eigenvalue weighted by molar-refractivity contribution is 8.27. The Morgan fingerprint density at radius 3 is 2.45 bits per heavy atom. The van der Waals surface area contributed by atoms with Crippen molar-refractivity contribution in [2.24, 2.45) is 7.05 Å². The molecule has 1 amide bonds. The van der Waals surface area contributed by atoms with Gasteiger partial charge < -0.3 is 9.47 Å². The molecule has 0 spiro atoms. The lowest BCUT2D eigenvalue weighted by molar-refractivity contribution is -0.113. The van der Waals surface area contributed by atoms with Gasteiger partial charge in [-0.1, -0.05) is 77.5 Å². The topological polar surface area (TPSA) is 82.8 Å². The molecule has 0 radical (unpaired) electrons. The first-order valence-electron chi connectivity index (χ1n) is 13.0. The lowest BCUT2D eigenvalue weighted by Gasteiger charge is -2.12. The van der Waals surface area contributed by atoms with E-state index in [1.54, 1.807) is 55.1 Å². The standard InChI is InChI=1S/C31H21Cl2N3O5S3/c1-16-26(29(38)36(34(16)2)18-8-5-4-6-9-18)35-28(37)23(44-31(35)42)15-17-12-13-20(21(14-17)40-3)41-30(39)27-25(33)24-19(32)10-7-11-22(24)43-27/h4-15H,1-3H3/b23-15-. The van der Waals surface area contributed by atoms with Gasteiger partial charge in [0.15, 0.2) is 15.8 Å². The summed E-state index contributed by atoms with van der Waals surface area (Å²) in [7, 11) is 3.20. The molecule has 5 aromatic rings. The molecule has 0 bridgehead atoms. The molecule has 0 unspecified atom stereocenters. The van der Waals surface area contributed by atoms with E-state index in [1.807, 2.05) is 36.4 Å². The van der Waals surface area contributed by atoms with Crippen LogP contribution in [0, 0.1) is 6.92 Å². The smallest absolute Gasteiger partial charge is 0.355 e. The van der Waals surface area contributed by atoms with Crippen molar-refractivity contribution in [1.82, 2.24) is 9.36 Å². The number of halogens is 2. The Hall–Kier alpha value is -3.87. The molecule has 6 rings (SSSR count). The van der Waals surface area contributed by atoms with Crippen LogP contribution in [0.15, 0.2) is 76.4 Å². The number of amides is 1. The van der Waals surface area contributed by atoms with Crippen LogP contribution in [0.4, 0.5) is 5.69 Å². The number of ether oxygens (including phenoxy) is 2. The summed E-state index contributed by atoms with van der Waals surface area (Å²) in [5.74, 6) is -0.636. The second-order valence-electron chi connectivity index (χ2n) is 9.59. The summed E-state index contributed by atoms with van der Waals surface area (Å²) in [4.78, 5) is 42.0. The van der Waals surface area contributed by atoms with Crippen molar-refractivity contribution in [2.75, 3.05) is 12.0 Å². The molecule has 0 atom stereocenters. The number of thioether (sulfide) groups is 1. The van der Waals surface area contributed by atoms with Crippen molar-refractivity contribution in [1.29, 1.82) is 0 Å². The molecule has 222 valence electrons. The number of nitrogens with zero attached hydrogens (tertiary/aromatic N) is 3. The summed E-state index contributed by atoms with van der Waals surface area (Å²) >= 11 is 20.6. The number of thiocarbonyl (C=S) groups is 1. The first-order valence-corrected chi connectivity index (χ1v) is 15.8. The summed E-state index contributed by atoms with van der Waals surface area (Å²) in [6, 6.07) is 19.3. The van der Waals surface area contributed by atoms with E-state index in [9.17, 15) is 14.4 Å². The van der Waals surface area contributed by atoms with Crippen molar-refractivity contribution in [3.05, 3.63) is 108 Å². The zero-order valence-electron chi connectivity index (χ0n) is 23.3. The Kier molecular flexibility index (Phi) is 8.16. The molecule has 1 aliphatic heterocycles. The van der Waals surface area contributed by atoms with E-state index >= 15 is 0 Å². The third-order valence-corrected chi connectivity index (χ3v) is 10.3. The molecule has 0 aliphatic carbocycles. The van der Waals surface area contributed by atoms with Crippen molar-refractivity contribution in [3.8, 4) is 17.2 Å². The SMILES string of the molecule is COc1cc(/C=C2\SC(=S)N(c3c(C)n(C)n(-c4ccccc4)c3=O)C2=O)ccc1OC(=O)c1sc2cccc(Cl)c2c1Cl. The summed E-state index contributed by atoms with van der Waals surface area (Å²) in [6.45, 7) is 1.77. The largest absolute Gasteiger partial charge is 0.493 e. The zero-order chi connectivity index (χ0) is 31.3. The van der Waals surface area contributed by atoms with E-state index in [0.717, 1.165) is 16.5 Å². The number of benzene rings is 3. The fourth-order valence-electron chi connectivity index (χ4n) is 4.83. The fraction of sp³-hybridized carbons (Fsp3) is 0.0968. The van der Waals surface area contributed by atoms with Gasteiger partial charge in [0, 0.05) is 17.1 Å². The van der Waals surface area contributed by atoms with Gasteiger partial charge in [0.05, 0.1) is 33.4 Å². The number of carbonyl (C=O) groups excluding carboxylic acids is 2. The Bertz CT molecular complexity index is 2100. The van der Waals surface area contributed by atoms with E-state index < -0.39 is 11.9 Å². The summed E-state index contributed by atoms with van der Waals surface area (Å²) < 4.78 is 15.3. The third kappa shape index (κ3) is 5.14. The molecular weight excluding hydrogens is 661 g/mol. The molecule has 1 saturated heterocycles. The number of hydrogen-bond donors (Lipinski definition) is 0. The van der Waals surface area contributed by atoms with E-state index in [0.29, 0.717) is 32.3 Å². The maximum atomic E-state index is 13.6. The number of esters is 1. The molecule has 0 N–H and O–H groups in total. The molecule has 1 aliphatic rings. The first kappa shape index (κ1) is 30.2. The monoisotopic (exact) mass is 681 g/mol. The highest BCUT2D eigenvalue weighted by Gasteiger charge is 2.37. The van der Waals surface area contributed by atoms with Crippen LogP contribution in [0.2, 0.25) is 10.0 Å². The van der Waals surface area contributed by atoms with Gasteiger partial charge in [-0.2, -0.15) is 0 Å². The van der Waals surface area contributed by atoms with Crippen molar-refractivity contribution >= 4 is 96.6 Å². The number of thiophene rings is 1. The molecule has 44 heavy (non-hydrogen) atoms. The summed E-state index contributed by atoms with van der Waals surface area (Å²) in [6.07, 6.45) is 1.65. The van der Waals surface area contributed by atoms with Crippen LogP contribution in [0.25, 0.3) is 21.8 Å². The van der Waals surface area contributed by atoms with Crippen molar-refractivity contribution in [3.63, 3.8) is 0 Å². The number of hydrogen-bond acceptors (Lipinski definition) is 8. The minimum atomic E-state index is -0.654. The van der Waals surface area contributed by atoms with Gasteiger partial charge in [-0.25, -0.2) is 9.48 Å². The minimum Gasteiger partial charge on any atom is -0.493 e. The van der Waals surface area contributed by atoms with Gasteiger partial charge in [0.2, 0.25) is 0 Å². The number of para-hydroxylation sites is 1. The highest BCUT2D eigenvalue weighted by atomic mass is 35.5. The zero-order valence-corrected chi connectivity index (χ0v) is 27.3. The van der Waals surface area contributed by atoms with Gasteiger partial charge in [0.25, 0.3) is 11.5 Å². The van der Waals surface area contributed by atoms with E-state index in [-0.39, 0.29) is 37.0 Å². The van der Waals surface area contributed by atoms with Crippen molar-refractivity contribution < 1.29 is 19.1 Å². The number of aromatic nitrogens is 2. The molecule has 8 nitrogen and oxygen atoms in total. The second-order valence-corrected chi connectivity index (χ2v) is 13.1. The molecule has 0 saturated carbocycles. The Balaban J connectivity index is 1.28. The van der Waals surface area contributed by atoms with Crippen LogP contribution in [0.5, 0.6) is 11.5 Å². The number of carbonyl (C=O) groups is 2. The van der Waals surface area contributed by atoms with Crippen LogP contribution in [0.1, 0.15) is 20.9 Å².